The van der Waals surface area contributed by atoms with Crippen molar-refractivity contribution in [1.82, 2.24) is 9.88 Å². The molecule has 2 fully saturated rings. The second-order valence-corrected chi connectivity index (χ2v) is 15.9. The number of pyridine rings is 1. The molecule has 3 heterocycles. The topological polar surface area (TPSA) is 84.4 Å². The van der Waals surface area contributed by atoms with Gasteiger partial charge in [0.05, 0.1) is 29.2 Å². The maximum Gasteiger partial charge on any atom is 0.337 e. The Hall–Kier alpha value is -3.24. The van der Waals surface area contributed by atoms with Crippen LogP contribution in [-0.2, 0) is 27.2 Å². The molecule has 0 saturated carbocycles. The molecule has 2 aromatic carbocycles. The molecule has 0 aliphatic carbocycles. The molecular weight excluding hydrogens is 657 g/mol. The third kappa shape index (κ3) is 10.2. The number of benzene rings is 2. The lowest BCUT2D eigenvalue weighted by atomic mass is 9.82. The fourth-order valence-electron chi connectivity index (χ4n) is 6.85. The summed E-state index contributed by atoms with van der Waals surface area (Å²) in [6.07, 6.45) is 3.27. The molecule has 1 N–H and O–H groups in total. The molecule has 1 aromatic heterocycles. The van der Waals surface area contributed by atoms with E-state index in [1.807, 2.05) is 45.0 Å². The summed E-state index contributed by atoms with van der Waals surface area (Å²) in [6.45, 7) is 15.0. The van der Waals surface area contributed by atoms with E-state index in [4.69, 9.17) is 30.8 Å². The fourth-order valence-corrected chi connectivity index (χ4v) is 7.14. The Kier molecular flexibility index (Phi) is 12.5. The summed E-state index contributed by atoms with van der Waals surface area (Å²) in [7, 11) is 2.10. The lowest BCUT2D eigenvalue weighted by Crippen LogP contribution is -2.39. The summed E-state index contributed by atoms with van der Waals surface area (Å²) >= 11 is 7.10. The van der Waals surface area contributed by atoms with E-state index >= 15 is 0 Å². The quantitative estimate of drug-likeness (QED) is 0.177. The summed E-state index contributed by atoms with van der Waals surface area (Å²) < 4.78 is 31.3. The number of carboxylic acid groups (broad SMARTS) is 1. The van der Waals surface area contributed by atoms with Gasteiger partial charge in [-0.3, -0.25) is 0 Å². The molecule has 2 saturated heterocycles. The lowest BCUT2D eigenvalue weighted by Gasteiger charge is -2.41. The molecule has 5 rings (SSSR count). The van der Waals surface area contributed by atoms with Crippen LogP contribution >= 0.6 is 11.6 Å². The minimum Gasteiger partial charge on any atom is -0.493 e. The molecule has 8 nitrogen and oxygen atoms in total. The van der Waals surface area contributed by atoms with Crippen molar-refractivity contribution in [2.75, 3.05) is 51.4 Å². The molecule has 0 radical (unpaired) electrons. The molecule has 10 heteroatoms. The second kappa shape index (κ2) is 16.4. The first-order valence-corrected chi connectivity index (χ1v) is 18.2. The fraction of sp³-hybridized carbons (Fsp3) is 0.550. The highest BCUT2D eigenvalue weighted by Gasteiger charge is 2.37. The summed E-state index contributed by atoms with van der Waals surface area (Å²) in [5.74, 6) is -0.135. The third-order valence-corrected chi connectivity index (χ3v) is 9.96. The van der Waals surface area contributed by atoms with Gasteiger partial charge >= 0.3 is 5.97 Å². The van der Waals surface area contributed by atoms with E-state index < -0.39 is 17.7 Å². The van der Waals surface area contributed by atoms with Gasteiger partial charge < -0.3 is 29.1 Å². The van der Waals surface area contributed by atoms with Crippen molar-refractivity contribution in [3.63, 3.8) is 0 Å². The van der Waals surface area contributed by atoms with Gasteiger partial charge in [0.15, 0.2) is 6.10 Å². The molecule has 1 atom stereocenters. The molecular formula is C40H53ClFN3O5. The van der Waals surface area contributed by atoms with Gasteiger partial charge in [-0.05, 0) is 100 Å². The van der Waals surface area contributed by atoms with Gasteiger partial charge in [-0.2, -0.15) is 0 Å². The number of ether oxygens (including phenoxy) is 3. The first kappa shape index (κ1) is 38.0. The monoisotopic (exact) mass is 709 g/mol. The molecule has 272 valence electrons. The summed E-state index contributed by atoms with van der Waals surface area (Å²) in [6, 6.07) is 14.4. The van der Waals surface area contributed by atoms with Crippen molar-refractivity contribution in [1.29, 1.82) is 0 Å². The van der Waals surface area contributed by atoms with Crippen LogP contribution in [0.1, 0.15) is 83.2 Å². The summed E-state index contributed by atoms with van der Waals surface area (Å²) in [5, 5.41) is 10.8. The SMILES string of the molecule is CN(Cc1nc(Cl)c([C@H](OC(C)(C)C)C(=O)O)c(N2CCC(C)(C)CC2)c1-c1ccc(OCCc2ccc(F)cc2)cc1)CC1CCOCC1. The Bertz CT molecular complexity index is 1580. The number of rotatable bonds is 13. The first-order valence-electron chi connectivity index (χ1n) is 17.8. The van der Waals surface area contributed by atoms with Gasteiger partial charge in [-0.1, -0.05) is 49.7 Å². The van der Waals surface area contributed by atoms with E-state index in [-0.39, 0.29) is 16.4 Å². The van der Waals surface area contributed by atoms with Crippen LogP contribution in [-0.4, -0.2) is 73.1 Å². The highest BCUT2D eigenvalue weighted by atomic mass is 35.5. The van der Waals surface area contributed by atoms with Crippen LogP contribution < -0.4 is 9.64 Å². The number of halogens is 2. The Morgan fingerprint density at radius 3 is 2.34 bits per heavy atom. The number of anilines is 1. The van der Waals surface area contributed by atoms with Gasteiger partial charge in [0.1, 0.15) is 16.7 Å². The van der Waals surface area contributed by atoms with Gasteiger partial charge in [0, 0.05) is 51.4 Å². The van der Waals surface area contributed by atoms with E-state index in [0.29, 0.717) is 36.8 Å². The molecule has 50 heavy (non-hydrogen) atoms. The van der Waals surface area contributed by atoms with Crippen molar-refractivity contribution in [3.8, 4) is 16.9 Å². The van der Waals surface area contributed by atoms with E-state index in [1.165, 1.54) is 12.1 Å². The zero-order valence-corrected chi connectivity index (χ0v) is 31.2. The van der Waals surface area contributed by atoms with Gasteiger partial charge in [-0.25, -0.2) is 14.2 Å². The highest BCUT2D eigenvalue weighted by molar-refractivity contribution is 6.31. The number of carbonyl (C=O) groups is 1. The molecule has 0 amide bonds. The van der Waals surface area contributed by atoms with Gasteiger partial charge in [0.2, 0.25) is 0 Å². The van der Waals surface area contributed by atoms with Crippen molar-refractivity contribution < 1.29 is 28.5 Å². The molecule has 2 aliphatic rings. The number of aliphatic carboxylic acids is 1. The van der Waals surface area contributed by atoms with Crippen molar-refractivity contribution in [2.45, 2.75) is 85.0 Å². The number of hydrogen-bond acceptors (Lipinski definition) is 7. The van der Waals surface area contributed by atoms with Crippen LogP contribution in [0, 0.1) is 17.2 Å². The molecule has 2 aliphatic heterocycles. The van der Waals surface area contributed by atoms with Gasteiger partial charge in [0.25, 0.3) is 0 Å². The summed E-state index contributed by atoms with van der Waals surface area (Å²) in [4.78, 5) is 22.5. The Balaban J connectivity index is 1.57. The van der Waals surface area contributed by atoms with Crippen LogP contribution in [0.4, 0.5) is 10.1 Å². The number of nitrogens with zero attached hydrogens (tertiary/aromatic N) is 3. The number of hydrogen-bond donors (Lipinski definition) is 1. The Morgan fingerprint density at radius 1 is 1.10 bits per heavy atom. The Morgan fingerprint density at radius 2 is 1.74 bits per heavy atom. The molecule has 0 bridgehead atoms. The van der Waals surface area contributed by atoms with Crippen LogP contribution in [0.5, 0.6) is 5.75 Å². The van der Waals surface area contributed by atoms with Crippen molar-refractivity contribution >= 4 is 23.3 Å². The average molecular weight is 710 g/mol. The third-order valence-electron chi connectivity index (χ3n) is 9.67. The van der Waals surface area contributed by atoms with Gasteiger partial charge in [-0.15, -0.1) is 0 Å². The standard InChI is InChI=1S/C40H53ClFN3O5/c1-39(2,3)50-36(38(46)47)34-35(45-20-18-40(4,5)19-21-45)33(32(43-37(34)41)26-44(6)25-28-15-22-48-23-16-28)29-9-13-31(14-10-29)49-24-17-27-7-11-30(42)12-8-27/h7-14,28,36H,15-26H2,1-6H3,(H,46,47)/t36-/m0/s1. The normalized spacial score (nSPS) is 17.6. The number of carboxylic acids is 1. The average Bonchev–Trinajstić information content (AvgIpc) is 3.05. The maximum absolute atomic E-state index is 13.4. The lowest BCUT2D eigenvalue weighted by molar-refractivity contribution is -0.160. The first-order chi connectivity index (χ1) is 23.7. The number of piperidine rings is 1. The Labute approximate surface area is 301 Å². The predicted octanol–water partition coefficient (Wildman–Crippen LogP) is 8.59. The molecule has 3 aromatic rings. The van der Waals surface area contributed by atoms with Crippen LogP contribution in [0.3, 0.4) is 0 Å². The second-order valence-electron chi connectivity index (χ2n) is 15.6. The highest BCUT2D eigenvalue weighted by Crippen LogP contribution is 2.46. The predicted molar refractivity (Wildman–Crippen MR) is 197 cm³/mol. The van der Waals surface area contributed by atoms with Crippen LogP contribution in [0.25, 0.3) is 11.1 Å². The van der Waals surface area contributed by atoms with E-state index in [9.17, 15) is 14.3 Å². The minimum absolute atomic E-state index is 0.153. The van der Waals surface area contributed by atoms with Crippen molar-refractivity contribution in [2.24, 2.45) is 11.3 Å². The molecule has 0 unspecified atom stereocenters. The van der Waals surface area contributed by atoms with Crippen molar-refractivity contribution in [3.05, 3.63) is 76.3 Å². The number of aromatic nitrogens is 1. The van der Waals surface area contributed by atoms with E-state index in [0.717, 1.165) is 86.6 Å². The van der Waals surface area contributed by atoms with E-state index in [2.05, 4.69) is 30.7 Å². The smallest absolute Gasteiger partial charge is 0.337 e. The van der Waals surface area contributed by atoms with Crippen LogP contribution in [0.15, 0.2) is 48.5 Å². The maximum atomic E-state index is 13.4. The van der Waals surface area contributed by atoms with E-state index in [1.54, 1.807) is 12.1 Å². The molecule has 0 spiro atoms. The summed E-state index contributed by atoms with van der Waals surface area (Å²) in [5.41, 5.74) is 4.14. The minimum atomic E-state index is -1.32. The largest absolute Gasteiger partial charge is 0.493 e. The zero-order chi connectivity index (χ0) is 36.1. The van der Waals surface area contributed by atoms with Crippen LogP contribution in [0.2, 0.25) is 5.15 Å². The zero-order valence-electron chi connectivity index (χ0n) is 30.4.